The smallest absolute Gasteiger partial charge is 0.230 e. The molecular formula is C13H11N5O. The molecule has 0 aliphatic carbocycles. The molecule has 0 unspecified atom stereocenters. The second-order valence-corrected chi connectivity index (χ2v) is 4.17. The van der Waals surface area contributed by atoms with E-state index in [0.717, 1.165) is 0 Å². The first-order valence-electron chi connectivity index (χ1n) is 5.77. The number of aromatic nitrogens is 2. The molecule has 0 radical (unpaired) electrons. The molecule has 3 rings (SSSR count). The van der Waals surface area contributed by atoms with E-state index < -0.39 is 0 Å². The Bertz CT molecular complexity index is 666. The van der Waals surface area contributed by atoms with Crippen LogP contribution in [0.25, 0.3) is 0 Å². The fraction of sp³-hybridized carbons (Fsp3) is 0.0769. The van der Waals surface area contributed by atoms with Crippen molar-refractivity contribution >= 4 is 28.7 Å². The van der Waals surface area contributed by atoms with Crippen LogP contribution in [0.4, 0.5) is 17.1 Å². The summed E-state index contributed by atoms with van der Waals surface area (Å²) in [6.07, 6.45) is 1.74. The largest absolute Gasteiger partial charge is 0.399 e. The highest BCUT2D eigenvalue weighted by Gasteiger charge is 2.18. The average molecular weight is 253 g/mol. The maximum atomic E-state index is 11.9. The van der Waals surface area contributed by atoms with Crippen LogP contribution in [0.3, 0.4) is 0 Å². The number of hydrogen-bond donors (Lipinski definition) is 2. The number of anilines is 2. The molecule has 94 valence electrons. The van der Waals surface area contributed by atoms with Gasteiger partial charge in [-0.15, -0.1) is 5.10 Å². The Morgan fingerprint density at radius 3 is 2.95 bits per heavy atom. The van der Waals surface area contributed by atoms with E-state index in [9.17, 15) is 4.79 Å². The van der Waals surface area contributed by atoms with Gasteiger partial charge in [-0.1, -0.05) is 0 Å². The molecule has 1 aliphatic rings. The minimum atomic E-state index is -0.145. The Kier molecular flexibility index (Phi) is 2.68. The van der Waals surface area contributed by atoms with Gasteiger partial charge in [0.05, 0.1) is 23.5 Å². The molecule has 0 bridgehead atoms. The maximum absolute atomic E-state index is 11.9. The number of carbonyl (C=O) groups is 1. The Balaban J connectivity index is 2.11. The predicted molar refractivity (Wildman–Crippen MR) is 72.3 cm³/mol. The molecule has 1 aromatic heterocycles. The molecule has 3 N–H and O–H groups in total. The Labute approximate surface area is 109 Å². The quantitative estimate of drug-likeness (QED) is 0.753. The highest BCUT2D eigenvalue weighted by atomic mass is 16.1. The lowest BCUT2D eigenvalue weighted by atomic mass is 10.2. The molecule has 0 spiro atoms. The lowest BCUT2D eigenvalue weighted by molar-refractivity contribution is -0.115. The molecule has 6 heteroatoms. The Morgan fingerprint density at radius 2 is 2.16 bits per heavy atom. The topological polar surface area (TPSA) is 93.3 Å². The van der Waals surface area contributed by atoms with Gasteiger partial charge in [0.25, 0.3) is 0 Å². The van der Waals surface area contributed by atoms with E-state index in [1.54, 1.807) is 36.5 Å². The number of hydrogen-bond acceptors (Lipinski definition) is 5. The molecule has 2 heterocycles. The minimum Gasteiger partial charge on any atom is -0.399 e. The summed E-state index contributed by atoms with van der Waals surface area (Å²) in [7, 11) is 0. The van der Waals surface area contributed by atoms with Crippen molar-refractivity contribution < 1.29 is 4.79 Å². The third-order valence-electron chi connectivity index (χ3n) is 2.75. The van der Waals surface area contributed by atoms with Crippen molar-refractivity contribution in [2.45, 2.75) is 6.42 Å². The van der Waals surface area contributed by atoms with Gasteiger partial charge in [0.2, 0.25) is 5.91 Å². The Hall–Kier alpha value is -2.76. The molecule has 0 saturated heterocycles. The number of nitrogens with zero attached hydrogens (tertiary/aromatic N) is 3. The number of nitrogens with two attached hydrogens (primary N) is 1. The van der Waals surface area contributed by atoms with Crippen molar-refractivity contribution in [1.29, 1.82) is 0 Å². The van der Waals surface area contributed by atoms with Gasteiger partial charge in [-0.05, 0) is 30.3 Å². The number of fused-ring (bicyclic) bond motifs is 1. The summed E-state index contributed by atoms with van der Waals surface area (Å²) in [5.74, 6) is -0.145. The van der Waals surface area contributed by atoms with Crippen molar-refractivity contribution in [3.05, 3.63) is 42.2 Å². The van der Waals surface area contributed by atoms with Gasteiger partial charge < -0.3 is 11.1 Å². The number of amides is 1. The van der Waals surface area contributed by atoms with Crippen LogP contribution in [0.1, 0.15) is 12.1 Å². The van der Waals surface area contributed by atoms with Gasteiger partial charge in [-0.2, -0.15) is 5.10 Å². The average Bonchev–Trinajstić information content (AvgIpc) is 2.57. The van der Waals surface area contributed by atoms with Crippen molar-refractivity contribution in [2.24, 2.45) is 4.99 Å². The third kappa shape index (κ3) is 2.28. The van der Waals surface area contributed by atoms with E-state index in [0.29, 0.717) is 28.5 Å². The standard InChI is InChI=1S/C13H11N5O/c14-8-3-4-9-11(6-8)17-13(19)7-12(16-9)10-2-1-5-15-18-10/h1-6H,7,14H2,(H,17,19). The molecule has 0 saturated carbocycles. The normalized spacial score (nSPS) is 14.1. The van der Waals surface area contributed by atoms with Gasteiger partial charge in [0.1, 0.15) is 5.69 Å². The van der Waals surface area contributed by atoms with Gasteiger partial charge in [0, 0.05) is 11.9 Å². The second-order valence-electron chi connectivity index (χ2n) is 4.17. The van der Waals surface area contributed by atoms with E-state index in [-0.39, 0.29) is 12.3 Å². The van der Waals surface area contributed by atoms with Crippen LogP contribution in [0.5, 0.6) is 0 Å². The molecule has 0 fully saturated rings. The number of nitrogen functional groups attached to an aromatic ring is 1. The first kappa shape index (κ1) is 11.3. The number of carbonyl (C=O) groups excluding carboxylic acids is 1. The number of rotatable bonds is 1. The molecule has 19 heavy (non-hydrogen) atoms. The van der Waals surface area contributed by atoms with E-state index >= 15 is 0 Å². The first-order chi connectivity index (χ1) is 9.22. The van der Waals surface area contributed by atoms with E-state index in [4.69, 9.17) is 5.73 Å². The zero-order valence-corrected chi connectivity index (χ0v) is 10.00. The molecule has 6 nitrogen and oxygen atoms in total. The molecular weight excluding hydrogens is 242 g/mol. The number of nitrogens with one attached hydrogen (secondary N) is 1. The van der Waals surface area contributed by atoms with Crippen LogP contribution in [0, 0.1) is 0 Å². The van der Waals surface area contributed by atoms with Crippen LogP contribution in [-0.2, 0) is 4.79 Å². The predicted octanol–water partition coefficient (Wildman–Crippen LogP) is 1.52. The van der Waals surface area contributed by atoms with Crippen LogP contribution in [0.15, 0.2) is 41.5 Å². The fourth-order valence-electron chi connectivity index (χ4n) is 1.89. The molecule has 1 amide bonds. The molecule has 2 aromatic rings. The summed E-state index contributed by atoms with van der Waals surface area (Å²) in [5.41, 5.74) is 8.76. The highest BCUT2D eigenvalue weighted by Crippen LogP contribution is 2.30. The highest BCUT2D eigenvalue weighted by molar-refractivity contribution is 6.16. The summed E-state index contributed by atoms with van der Waals surface area (Å²) in [6, 6.07) is 8.75. The molecule has 1 aliphatic heterocycles. The molecule has 1 aromatic carbocycles. The summed E-state index contributed by atoms with van der Waals surface area (Å²) in [4.78, 5) is 16.3. The summed E-state index contributed by atoms with van der Waals surface area (Å²) in [5, 5.41) is 10.6. The maximum Gasteiger partial charge on any atom is 0.230 e. The zero-order valence-electron chi connectivity index (χ0n) is 10.00. The van der Waals surface area contributed by atoms with Gasteiger partial charge in [-0.3, -0.25) is 4.79 Å². The molecule has 0 atom stereocenters. The number of aliphatic imine (C=N–C) groups is 1. The summed E-state index contributed by atoms with van der Waals surface area (Å²) in [6.45, 7) is 0. The van der Waals surface area contributed by atoms with E-state index in [1.165, 1.54) is 0 Å². The summed E-state index contributed by atoms with van der Waals surface area (Å²) < 4.78 is 0. The van der Waals surface area contributed by atoms with E-state index in [2.05, 4.69) is 20.5 Å². The lowest BCUT2D eigenvalue weighted by Gasteiger charge is -2.04. The van der Waals surface area contributed by atoms with Gasteiger partial charge in [-0.25, -0.2) is 4.99 Å². The number of benzene rings is 1. The zero-order chi connectivity index (χ0) is 13.2. The lowest BCUT2D eigenvalue weighted by Crippen LogP contribution is -2.16. The van der Waals surface area contributed by atoms with Crippen molar-refractivity contribution in [2.75, 3.05) is 11.1 Å². The van der Waals surface area contributed by atoms with Crippen LogP contribution < -0.4 is 11.1 Å². The van der Waals surface area contributed by atoms with Crippen molar-refractivity contribution in [1.82, 2.24) is 10.2 Å². The van der Waals surface area contributed by atoms with Crippen molar-refractivity contribution in [3.8, 4) is 0 Å². The Morgan fingerprint density at radius 1 is 1.26 bits per heavy atom. The van der Waals surface area contributed by atoms with Crippen molar-refractivity contribution in [3.63, 3.8) is 0 Å². The third-order valence-corrected chi connectivity index (χ3v) is 2.75. The summed E-state index contributed by atoms with van der Waals surface area (Å²) >= 11 is 0. The second kappa shape index (κ2) is 4.49. The first-order valence-corrected chi connectivity index (χ1v) is 5.77. The van der Waals surface area contributed by atoms with E-state index in [1.807, 2.05) is 0 Å². The fourth-order valence-corrected chi connectivity index (χ4v) is 1.89. The SMILES string of the molecule is Nc1ccc2c(c1)NC(=O)CC(c1cccnn1)=N2. The van der Waals surface area contributed by atoms with Gasteiger partial charge >= 0.3 is 0 Å². The van der Waals surface area contributed by atoms with Crippen LogP contribution in [-0.4, -0.2) is 21.8 Å². The van der Waals surface area contributed by atoms with Crippen LogP contribution in [0.2, 0.25) is 0 Å². The van der Waals surface area contributed by atoms with Crippen LogP contribution >= 0.6 is 0 Å². The van der Waals surface area contributed by atoms with Gasteiger partial charge in [0.15, 0.2) is 0 Å². The minimum absolute atomic E-state index is 0.145. The monoisotopic (exact) mass is 253 g/mol.